The molecule has 0 bridgehead atoms. The van der Waals surface area contributed by atoms with Gasteiger partial charge in [-0.1, -0.05) is 41.4 Å². The number of nitrogens with zero attached hydrogens (tertiary/aromatic N) is 1. The number of ether oxygens (including phenoxy) is 2. The number of hydrogen-bond acceptors (Lipinski definition) is 6. The van der Waals surface area contributed by atoms with Crippen LogP contribution >= 0.6 is 11.6 Å². The number of amides is 3. The lowest BCUT2D eigenvalue weighted by Crippen LogP contribution is -2.44. The van der Waals surface area contributed by atoms with Gasteiger partial charge in [-0.15, -0.1) is 0 Å². The molecule has 1 aliphatic heterocycles. The minimum absolute atomic E-state index is 0.0364. The Morgan fingerprint density at radius 2 is 1.59 bits per heavy atom. The number of rotatable bonds is 7. The van der Waals surface area contributed by atoms with Crippen molar-refractivity contribution in [3.05, 3.63) is 88.9 Å². The number of hydrogen-bond donors (Lipinski definition) is 2. The van der Waals surface area contributed by atoms with Gasteiger partial charge in [-0.2, -0.15) is 0 Å². The van der Waals surface area contributed by atoms with Crippen LogP contribution in [0.15, 0.2) is 72.8 Å². The highest BCUT2D eigenvalue weighted by molar-refractivity contribution is 6.33. The van der Waals surface area contributed by atoms with Gasteiger partial charge >= 0.3 is 5.97 Å². The average molecular weight is 522 g/mol. The monoisotopic (exact) mass is 521 g/mol. The molecule has 1 aliphatic rings. The van der Waals surface area contributed by atoms with E-state index in [1.54, 1.807) is 42.5 Å². The number of benzene rings is 3. The fourth-order valence-electron chi connectivity index (χ4n) is 3.68. The molecule has 1 fully saturated rings. The van der Waals surface area contributed by atoms with Gasteiger partial charge in [0.1, 0.15) is 11.5 Å². The normalized spacial score (nSPS) is 14.7. The molecule has 0 radical (unpaired) electrons. The number of esters is 1. The fourth-order valence-corrected chi connectivity index (χ4v) is 3.90. The van der Waals surface area contributed by atoms with Gasteiger partial charge in [-0.3, -0.25) is 30.0 Å². The molecule has 0 unspecified atom stereocenters. The van der Waals surface area contributed by atoms with E-state index < -0.39 is 30.3 Å². The zero-order valence-electron chi connectivity index (χ0n) is 19.9. The van der Waals surface area contributed by atoms with E-state index in [1.165, 1.54) is 11.0 Å². The number of aryl methyl sites for hydroxylation is 1. The van der Waals surface area contributed by atoms with Gasteiger partial charge in [0.05, 0.1) is 16.5 Å². The molecular weight excluding hydrogens is 498 g/mol. The van der Waals surface area contributed by atoms with Crippen molar-refractivity contribution in [2.24, 2.45) is 5.92 Å². The van der Waals surface area contributed by atoms with E-state index in [4.69, 9.17) is 21.1 Å². The second-order valence-corrected chi connectivity index (χ2v) is 8.81. The van der Waals surface area contributed by atoms with Crippen molar-refractivity contribution < 1.29 is 28.7 Å². The fraction of sp³-hybridized carbons (Fsp3) is 0.185. The molecule has 0 aliphatic carbocycles. The maximum absolute atomic E-state index is 12.5. The number of hydrazine groups is 1. The highest BCUT2D eigenvalue weighted by Gasteiger charge is 2.36. The zero-order chi connectivity index (χ0) is 26.4. The maximum atomic E-state index is 12.5. The zero-order valence-corrected chi connectivity index (χ0v) is 20.7. The Morgan fingerprint density at radius 1 is 0.946 bits per heavy atom. The van der Waals surface area contributed by atoms with Crippen LogP contribution in [0.5, 0.6) is 11.5 Å². The predicted octanol–water partition coefficient (Wildman–Crippen LogP) is 3.80. The Kier molecular flexibility index (Phi) is 8.05. The second-order valence-electron chi connectivity index (χ2n) is 8.40. The molecular formula is C27H24ClN3O6. The van der Waals surface area contributed by atoms with Crippen LogP contribution in [0.2, 0.25) is 5.02 Å². The average Bonchev–Trinajstić information content (AvgIpc) is 3.29. The molecule has 0 spiro atoms. The molecule has 190 valence electrons. The molecule has 1 saturated heterocycles. The van der Waals surface area contributed by atoms with Crippen molar-refractivity contribution in [1.29, 1.82) is 0 Å². The summed E-state index contributed by atoms with van der Waals surface area (Å²) in [6.45, 7) is 1.50. The number of nitrogens with one attached hydrogen (secondary N) is 2. The Labute approximate surface area is 218 Å². The van der Waals surface area contributed by atoms with Crippen LogP contribution in [0.25, 0.3) is 0 Å². The van der Waals surface area contributed by atoms with Crippen molar-refractivity contribution in [2.75, 3.05) is 18.1 Å². The van der Waals surface area contributed by atoms with Crippen LogP contribution in [0, 0.1) is 12.8 Å². The van der Waals surface area contributed by atoms with Crippen LogP contribution in [0.3, 0.4) is 0 Å². The molecule has 0 saturated carbocycles. The Bertz CT molecular complexity index is 1310. The van der Waals surface area contributed by atoms with Gasteiger partial charge in [0.2, 0.25) is 5.91 Å². The third-order valence-corrected chi connectivity index (χ3v) is 5.97. The maximum Gasteiger partial charge on any atom is 0.311 e. The summed E-state index contributed by atoms with van der Waals surface area (Å²) in [5.41, 5.74) is 6.29. The molecule has 0 aromatic heterocycles. The minimum atomic E-state index is -0.737. The third kappa shape index (κ3) is 6.65. The molecule has 2 N–H and O–H groups in total. The van der Waals surface area contributed by atoms with E-state index in [2.05, 4.69) is 10.9 Å². The molecule has 3 aromatic rings. The first-order chi connectivity index (χ1) is 17.8. The highest BCUT2D eigenvalue weighted by atomic mass is 35.5. The largest absolute Gasteiger partial charge is 0.457 e. The van der Waals surface area contributed by atoms with Crippen LogP contribution in [-0.4, -0.2) is 36.8 Å². The van der Waals surface area contributed by atoms with Gasteiger partial charge in [0.15, 0.2) is 6.61 Å². The molecule has 9 nitrogen and oxygen atoms in total. The van der Waals surface area contributed by atoms with Crippen molar-refractivity contribution in [3.8, 4) is 11.5 Å². The van der Waals surface area contributed by atoms with Crippen LogP contribution in [0.1, 0.15) is 22.3 Å². The van der Waals surface area contributed by atoms with E-state index in [0.717, 1.165) is 5.56 Å². The standard InChI is InChI=1S/C27H24ClN3O6/c1-17-6-10-20(11-7-17)37-21-12-8-19(9-13-21)31-15-18(14-25(31)33)27(35)36-16-24(32)29-30-26(34)22-4-2-3-5-23(22)28/h2-13,18H,14-16H2,1H3,(H,29,32)(H,30,34)/t18-/m1/s1. The van der Waals surface area contributed by atoms with E-state index >= 15 is 0 Å². The number of anilines is 1. The molecule has 3 aromatic carbocycles. The van der Waals surface area contributed by atoms with Gasteiger partial charge in [0, 0.05) is 18.7 Å². The quantitative estimate of drug-likeness (QED) is 0.361. The molecule has 3 amide bonds. The van der Waals surface area contributed by atoms with E-state index in [1.807, 2.05) is 31.2 Å². The Hall–Kier alpha value is -4.37. The molecule has 37 heavy (non-hydrogen) atoms. The van der Waals surface area contributed by atoms with Crippen LogP contribution in [0.4, 0.5) is 5.69 Å². The van der Waals surface area contributed by atoms with Crippen molar-refractivity contribution in [1.82, 2.24) is 10.9 Å². The molecule has 10 heteroatoms. The van der Waals surface area contributed by atoms with Crippen LogP contribution in [-0.2, 0) is 19.1 Å². The van der Waals surface area contributed by atoms with Gasteiger partial charge < -0.3 is 14.4 Å². The molecule has 4 rings (SSSR count). The summed E-state index contributed by atoms with van der Waals surface area (Å²) in [6.07, 6.45) is -0.0364. The lowest BCUT2D eigenvalue weighted by molar-refractivity contribution is -0.152. The summed E-state index contributed by atoms with van der Waals surface area (Å²) < 4.78 is 10.9. The summed E-state index contributed by atoms with van der Waals surface area (Å²) in [7, 11) is 0. The Morgan fingerprint density at radius 3 is 2.27 bits per heavy atom. The summed E-state index contributed by atoms with van der Waals surface area (Å²) in [6, 6.07) is 21.0. The van der Waals surface area contributed by atoms with Crippen LogP contribution < -0.4 is 20.5 Å². The second kappa shape index (κ2) is 11.6. The minimum Gasteiger partial charge on any atom is -0.457 e. The van der Waals surface area contributed by atoms with Crippen molar-refractivity contribution in [3.63, 3.8) is 0 Å². The van der Waals surface area contributed by atoms with Gasteiger partial charge in [-0.25, -0.2) is 0 Å². The SMILES string of the molecule is Cc1ccc(Oc2ccc(N3C[C@H](C(=O)OCC(=O)NNC(=O)c4ccccc4Cl)CC3=O)cc2)cc1. The van der Waals surface area contributed by atoms with Crippen molar-refractivity contribution in [2.45, 2.75) is 13.3 Å². The number of carbonyl (C=O) groups is 4. The van der Waals surface area contributed by atoms with E-state index in [9.17, 15) is 19.2 Å². The first kappa shape index (κ1) is 25.7. The third-order valence-electron chi connectivity index (χ3n) is 5.64. The Balaban J connectivity index is 1.24. The lowest BCUT2D eigenvalue weighted by Gasteiger charge is -2.17. The van der Waals surface area contributed by atoms with Gasteiger partial charge in [0.25, 0.3) is 11.8 Å². The van der Waals surface area contributed by atoms with E-state index in [0.29, 0.717) is 17.2 Å². The number of halogens is 1. The highest BCUT2D eigenvalue weighted by Crippen LogP contribution is 2.29. The summed E-state index contributed by atoms with van der Waals surface area (Å²) in [5, 5.41) is 0.226. The van der Waals surface area contributed by atoms with Crippen molar-refractivity contribution >= 4 is 41.0 Å². The summed E-state index contributed by atoms with van der Waals surface area (Å²) in [4.78, 5) is 50.5. The van der Waals surface area contributed by atoms with E-state index in [-0.39, 0.29) is 29.5 Å². The smallest absolute Gasteiger partial charge is 0.311 e. The molecule has 1 atom stereocenters. The summed E-state index contributed by atoms with van der Waals surface area (Å²) in [5.74, 6) is -1.67. The molecule has 1 heterocycles. The summed E-state index contributed by atoms with van der Waals surface area (Å²) >= 11 is 5.94. The van der Waals surface area contributed by atoms with Gasteiger partial charge in [-0.05, 0) is 55.5 Å². The number of carbonyl (C=O) groups excluding carboxylic acids is 4. The first-order valence-corrected chi connectivity index (χ1v) is 11.8. The lowest BCUT2D eigenvalue weighted by atomic mass is 10.1. The predicted molar refractivity (Wildman–Crippen MR) is 136 cm³/mol. The topological polar surface area (TPSA) is 114 Å². The first-order valence-electron chi connectivity index (χ1n) is 11.5.